The van der Waals surface area contributed by atoms with Crippen molar-refractivity contribution in [3.8, 4) is 11.6 Å². The highest BCUT2D eigenvalue weighted by molar-refractivity contribution is 5.78. The van der Waals surface area contributed by atoms with E-state index >= 15 is 0 Å². The summed E-state index contributed by atoms with van der Waals surface area (Å²) in [5.74, 6) is 1.74. The van der Waals surface area contributed by atoms with E-state index in [-0.39, 0.29) is 11.7 Å². The SMILES string of the molecule is Cc1cc(F)ccc1Oc1cc(N2CCN(CC(=O)N3CCCC3)CC2)ncn1. The van der Waals surface area contributed by atoms with Gasteiger partial charge in [-0.2, -0.15) is 0 Å². The number of aromatic nitrogens is 2. The van der Waals surface area contributed by atoms with Crippen LogP contribution in [0.4, 0.5) is 10.2 Å². The Kier molecular flexibility index (Phi) is 5.89. The summed E-state index contributed by atoms with van der Waals surface area (Å²) in [4.78, 5) is 27.2. The molecular weight excluding hydrogens is 373 g/mol. The van der Waals surface area contributed by atoms with Crippen LogP contribution in [0.1, 0.15) is 18.4 Å². The Morgan fingerprint density at radius 3 is 2.55 bits per heavy atom. The van der Waals surface area contributed by atoms with Gasteiger partial charge in [0.05, 0.1) is 6.54 Å². The van der Waals surface area contributed by atoms with E-state index in [1.54, 1.807) is 19.1 Å². The molecule has 2 aliphatic rings. The summed E-state index contributed by atoms with van der Waals surface area (Å²) in [6, 6.07) is 6.20. The average molecular weight is 399 g/mol. The molecule has 0 N–H and O–H groups in total. The van der Waals surface area contributed by atoms with Gasteiger partial charge in [0.25, 0.3) is 0 Å². The predicted octanol–water partition coefficient (Wildman–Crippen LogP) is 2.46. The molecule has 3 heterocycles. The molecule has 2 aliphatic heterocycles. The van der Waals surface area contributed by atoms with Crippen molar-refractivity contribution in [2.75, 3.05) is 50.7 Å². The first-order valence-corrected chi connectivity index (χ1v) is 10.1. The topological polar surface area (TPSA) is 61.8 Å². The van der Waals surface area contributed by atoms with Crippen LogP contribution in [0.2, 0.25) is 0 Å². The molecule has 29 heavy (non-hydrogen) atoms. The fourth-order valence-corrected chi connectivity index (χ4v) is 3.79. The number of hydrogen-bond acceptors (Lipinski definition) is 6. The van der Waals surface area contributed by atoms with Gasteiger partial charge in [-0.1, -0.05) is 0 Å². The quantitative estimate of drug-likeness (QED) is 0.770. The molecule has 0 spiro atoms. The lowest BCUT2D eigenvalue weighted by molar-refractivity contribution is -0.131. The van der Waals surface area contributed by atoms with Crippen LogP contribution in [0.25, 0.3) is 0 Å². The first-order valence-electron chi connectivity index (χ1n) is 10.1. The van der Waals surface area contributed by atoms with E-state index in [2.05, 4.69) is 19.8 Å². The van der Waals surface area contributed by atoms with Gasteiger partial charge in [0.2, 0.25) is 11.8 Å². The molecule has 0 atom stereocenters. The number of hydrogen-bond donors (Lipinski definition) is 0. The lowest BCUT2D eigenvalue weighted by atomic mass is 10.2. The minimum atomic E-state index is -0.292. The first kappa shape index (κ1) is 19.6. The van der Waals surface area contributed by atoms with Crippen molar-refractivity contribution < 1.29 is 13.9 Å². The molecule has 1 aromatic heterocycles. The maximum absolute atomic E-state index is 13.3. The van der Waals surface area contributed by atoms with E-state index in [9.17, 15) is 9.18 Å². The zero-order valence-electron chi connectivity index (χ0n) is 16.7. The molecule has 2 aromatic rings. The second-order valence-corrected chi connectivity index (χ2v) is 7.58. The number of ether oxygens (including phenoxy) is 1. The van der Waals surface area contributed by atoms with E-state index in [1.807, 2.05) is 4.90 Å². The summed E-state index contributed by atoms with van der Waals surface area (Å²) in [5, 5.41) is 0. The van der Waals surface area contributed by atoms with Crippen LogP contribution >= 0.6 is 0 Å². The smallest absolute Gasteiger partial charge is 0.236 e. The minimum Gasteiger partial charge on any atom is -0.439 e. The van der Waals surface area contributed by atoms with Crippen molar-refractivity contribution in [1.82, 2.24) is 19.8 Å². The van der Waals surface area contributed by atoms with E-state index < -0.39 is 0 Å². The van der Waals surface area contributed by atoms with E-state index in [1.165, 1.54) is 18.5 Å². The number of amides is 1. The third-order valence-electron chi connectivity index (χ3n) is 5.49. The highest BCUT2D eigenvalue weighted by Crippen LogP contribution is 2.26. The van der Waals surface area contributed by atoms with Crippen molar-refractivity contribution in [3.05, 3.63) is 42.0 Å². The van der Waals surface area contributed by atoms with Gasteiger partial charge in [-0.25, -0.2) is 14.4 Å². The zero-order valence-corrected chi connectivity index (χ0v) is 16.7. The number of piperazine rings is 1. The predicted molar refractivity (Wildman–Crippen MR) is 108 cm³/mol. The van der Waals surface area contributed by atoms with Gasteiger partial charge >= 0.3 is 0 Å². The fraction of sp³-hybridized carbons (Fsp3) is 0.476. The Morgan fingerprint density at radius 1 is 1.07 bits per heavy atom. The number of aryl methyl sites for hydroxylation is 1. The highest BCUT2D eigenvalue weighted by atomic mass is 19.1. The summed E-state index contributed by atoms with van der Waals surface area (Å²) >= 11 is 0. The maximum Gasteiger partial charge on any atom is 0.236 e. The molecule has 154 valence electrons. The summed E-state index contributed by atoms with van der Waals surface area (Å²) < 4.78 is 19.1. The van der Waals surface area contributed by atoms with Crippen LogP contribution < -0.4 is 9.64 Å². The lowest BCUT2D eigenvalue weighted by Gasteiger charge is -2.35. The van der Waals surface area contributed by atoms with E-state index in [0.29, 0.717) is 23.7 Å². The summed E-state index contributed by atoms with van der Waals surface area (Å²) in [7, 11) is 0. The third-order valence-corrected chi connectivity index (χ3v) is 5.49. The van der Waals surface area contributed by atoms with Crippen LogP contribution in [-0.4, -0.2) is 71.5 Å². The molecular formula is C21H26FN5O2. The van der Waals surface area contributed by atoms with Crippen molar-refractivity contribution >= 4 is 11.7 Å². The number of carbonyl (C=O) groups is 1. The van der Waals surface area contributed by atoms with Crippen LogP contribution in [0.3, 0.4) is 0 Å². The molecule has 1 amide bonds. The first-order chi connectivity index (χ1) is 14.1. The number of rotatable bonds is 5. The van der Waals surface area contributed by atoms with E-state index in [0.717, 1.165) is 57.9 Å². The van der Waals surface area contributed by atoms with Crippen molar-refractivity contribution in [1.29, 1.82) is 0 Å². The Hall–Kier alpha value is -2.74. The van der Waals surface area contributed by atoms with Gasteiger partial charge in [-0.05, 0) is 43.5 Å². The van der Waals surface area contributed by atoms with Crippen LogP contribution in [0, 0.1) is 12.7 Å². The van der Waals surface area contributed by atoms with Crippen LogP contribution in [0.15, 0.2) is 30.6 Å². The Bertz CT molecular complexity index is 864. The summed E-state index contributed by atoms with van der Waals surface area (Å²) in [5.41, 5.74) is 0.710. The van der Waals surface area contributed by atoms with Gasteiger partial charge in [0, 0.05) is 45.3 Å². The molecule has 0 aliphatic carbocycles. The monoisotopic (exact) mass is 399 g/mol. The third kappa shape index (κ3) is 4.82. The number of anilines is 1. The maximum atomic E-state index is 13.3. The van der Waals surface area contributed by atoms with Crippen molar-refractivity contribution in [2.45, 2.75) is 19.8 Å². The fourth-order valence-electron chi connectivity index (χ4n) is 3.79. The Balaban J connectivity index is 1.34. The number of carbonyl (C=O) groups excluding carboxylic acids is 1. The standard InChI is InChI=1S/C21H26FN5O2/c1-16-12-17(22)4-5-18(16)29-20-13-19(23-15-24-20)26-10-8-25(9-11-26)14-21(28)27-6-2-3-7-27/h4-5,12-13,15H,2-3,6-11,14H2,1H3. The number of halogens is 1. The van der Waals surface area contributed by atoms with E-state index in [4.69, 9.17) is 4.74 Å². The Labute approximate surface area is 170 Å². The van der Waals surface area contributed by atoms with Crippen molar-refractivity contribution in [3.63, 3.8) is 0 Å². The minimum absolute atomic E-state index is 0.239. The molecule has 0 unspecified atom stereocenters. The van der Waals surface area contributed by atoms with Crippen molar-refractivity contribution in [2.24, 2.45) is 0 Å². The number of likely N-dealkylation sites (tertiary alicyclic amines) is 1. The second kappa shape index (κ2) is 8.73. The van der Waals surface area contributed by atoms with Crippen LogP contribution in [-0.2, 0) is 4.79 Å². The number of nitrogens with zero attached hydrogens (tertiary/aromatic N) is 5. The molecule has 4 rings (SSSR count). The lowest BCUT2D eigenvalue weighted by Crippen LogP contribution is -2.50. The van der Waals surface area contributed by atoms with Gasteiger partial charge in [0.1, 0.15) is 23.7 Å². The number of benzene rings is 1. The highest BCUT2D eigenvalue weighted by Gasteiger charge is 2.24. The molecule has 2 saturated heterocycles. The normalized spacial score (nSPS) is 17.6. The molecule has 8 heteroatoms. The molecule has 0 radical (unpaired) electrons. The average Bonchev–Trinajstić information content (AvgIpc) is 3.26. The zero-order chi connectivity index (χ0) is 20.2. The van der Waals surface area contributed by atoms with Gasteiger partial charge in [0.15, 0.2) is 0 Å². The molecule has 0 bridgehead atoms. The van der Waals surface area contributed by atoms with Crippen LogP contribution in [0.5, 0.6) is 11.6 Å². The largest absolute Gasteiger partial charge is 0.439 e. The van der Waals surface area contributed by atoms with Gasteiger partial charge < -0.3 is 14.5 Å². The van der Waals surface area contributed by atoms with Gasteiger partial charge in [-0.3, -0.25) is 9.69 Å². The molecule has 7 nitrogen and oxygen atoms in total. The second-order valence-electron chi connectivity index (χ2n) is 7.58. The summed E-state index contributed by atoms with van der Waals surface area (Å²) in [6.45, 7) is 7.30. The summed E-state index contributed by atoms with van der Waals surface area (Å²) in [6.07, 6.45) is 3.72. The molecule has 2 fully saturated rings. The molecule has 0 saturated carbocycles. The molecule has 1 aromatic carbocycles. The Morgan fingerprint density at radius 2 is 1.83 bits per heavy atom. The van der Waals surface area contributed by atoms with Gasteiger partial charge in [-0.15, -0.1) is 0 Å².